The normalized spacial score (nSPS) is 16.8. The van der Waals surface area contributed by atoms with Crippen molar-refractivity contribution >= 4 is 5.84 Å². The second-order valence-corrected chi connectivity index (χ2v) is 7.51. The van der Waals surface area contributed by atoms with Crippen LogP contribution in [0.25, 0.3) is 0 Å². The van der Waals surface area contributed by atoms with Crippen LogP contribution < -0.4 is 17.3 Å². The lowest BCUT2D eigenvalue weighted by Crippen LogP contribution is -3.09. The molecular formula is C22H43ClN2O. The Morgan fingerprint density at radius 3 is 1.96 bits per heavy atom. The van der Waals surface area contributed by atoms with Gasteiger partial charge in [0, 0.05) is 0 Å². The Balaban J connectivity index is 0.00000625. The van der Waals surface area contributed by atoms with Gasteiger partial charge in [0.1, 0.15) is 6.54 Å². The first-order valence-electron chi connectivity index (χ1n) is 11.1. The summed E-state index contributed by atoms with van der Waals surface area (Å²) < 4.78 is 0. The fourth-order valence-electron chi connectivity index (χ4n) is 3.59. The summed E-state index contributed by atoms with van der Waals surface area (Å²) in [4.78, 5) is 5.81. The Labute approximate surface area is 168 Å². The molecule has 154 valence electrons. The van der Waals surface area contributed by atoms with Crippen LogP contribution in [-0.2, 0) is 0 Å². The molecule has 0 spiro atoms. The predicted molar refractivity (Wildman–Crippen MR) is 109 cm³/mol. The molecule has 0 aliphatic carbocycles. The van der Waals surface area contributed by atoms with Crippen LogP contribution in [0.15, 0.2) is 17.3 Å². The fourth-order valence-corrected chi connectivity index (χ4v) is 3.59. The monoisotopic (exact) mass is 386 g/mol. The van der Waals surface area contributed by atoms with Crippen LogP contribution in [0.4, 0.5) is 0 Å². The van der Waals surface area contributed by atoms with Gasteiger partial charge in [0.05, 0.1) is 25.8 Å². The minimum atomic E-state index is 0. The van der Waals surface area contributed by atoms with Gasteiger partial charge in [-0.3, -0.25) is 4.90 Å². The number of nitrogens with zero attached hydrogens (tertiary/aromatic N) is 1. The molecule has 0 aromatic carbocycles. The number of hydrogen-bond donors (Lipinski definition) is 2. The van der Waals surface area contributed by atoms with Crippen LogP contribution in [0.1, 0.15) is 103 Å². The molecule has 0 aromatic rings. The van der Waals surface area contributed by atoms with Gasteiger partial charge in [-0.1, -0.05) is 84.0 Å². The van der Waals surface area contributed by atoms with Crippen LogP contribution in [-0.4, -0.2) is 30.6 Å². The summed E-state index contributed by atoms with van der Waals surface area (Å²) in [6.07, 6.45) is 24.9. The molecule has 0 radical (unpaired) electrons. The molecule has 1 aliphatic heterocycles. The Morgan fingerprint density at radius 2 is 1.42 bits per heavy atom. The standard InChI is InChI=1S/C22H42N2O.ClH/c1-2-3-4-5-6-7-8-9-10-11-12-13-14-15-16-19-24-20-18-23-22(24)17-21-25;/h16,19,25H,2-15,17-18,20-21H2,1H3;1H. The van der Waals surface area contributed by atoms with E-state index >= 15 is 0 Å². The van der Waals surface area contributed by atoms with E-state index in [9.17, 15) is 0 Å². The van der Waals surface area contributed by atoms with Gasteiger partial charge < -0.3 is 17.5 Å². The molecule has 0 fully saturated rings. The summed E-state index contributed by atoms with van der Waals surface area (Å²) in [6.45, 7) is 4.47. The molecule has 2 N–H and O–H groups in total. The minimum absolute atomic E-state index is 0. The molecule has 0 aromatic heterocycles. The van der Waals surface area contributed by atoms with Crippen LogP contribution in [0.2, 0.25) is 0 Å². The van der Waals surface area contributed by atoms with Crippen molar-refractivity contribution in [1.29, 1.82) is 0 Å². The average molecular weight is 387 g/mol. The number of nitrogens with one attached hydrogen (secondary N) is 1. The smallest absolute Gasteiger partial charge is 0.203 e. The number of amidine groups is 1. The van der Waals surface area contributed by atoms with E-state index in [0.29, 0.717) is 0 Å². The van der Waals surface area contributed by atoms with E-state index in [1.807, 2.05) is 0 Å². The van der Waals surface area contributed by atoms with E-state index in [1.165, 1.54) is 94.8 Å². The number of aliphatic hydroxyl groups is 1. The maximum atomic E-state index is 9.03. The molecule has 3 nitrogen and oxygen atoms in total. The van der Waals surface area contributed by atoms with Crippen molar-refractivity contribution in [2.24, 2.45) is 4.99 Å². The van der Waals surface area contributed by atoms with Gasteiger partial charge in [-0.15, -0.1) is 0 Å². The highest BCUT2D eigenvalue weighted by Crippen LogP contribution is 2.12. The topological polar surface area (TPSA) is 37.0 Å². The van der Waals surface area contributed by atoms with E-state index < -0.39 is 0 Å². The van der Waals surface area contributed by atoms with Gasteiger partial charge in [0.2, 0.25) is 5.84 Å². The van der Waals surface area contributed by atoms with Crippen molar-refractivity contribution < 1.29 is 22.4 Å². The second kappa shape index (κ2) is 19.4. The number of quaternary nitrogens is 1. The highest BCUT2D eigenvalue weighted by Gasteiger charge is 2.19. The average Bonchev–Trinajstić information content (AvgIpc) is 3.06. The van der Waals surface area contributed by atoms with Crippen LogP contribution in [0.3, 0.4) is 0 Å². The molecule has 26 heavy (non-hydrogen) atoms. The lowest BCUT2D eigenvalue weighted by Gasteiger charge is -2.07. The summed E-state index contributed by atoms with van der Waals surface area (Å²) in [5.74, 6) is 1.13. The summed E-state index contributed by atoms with van der Waals surface area (Å²) >= 11 is 0. The SMILES string of the molecule is CCCCCCCCCCCCCCCC=C[NH+]1CCN=C1CCO.[Cl-]. The number of aliphatic imine (C=N–C) groups is 1. The second-order valence-electron chi connectivity index (χ2n) is 7.51. The van der Waals surface area contributed by atoms with Gasteiger partial charge in [-0.2, -0.15) is 0 Å². The quantitative estimate of drug-likeness (QED) is 0.366. The number of unbranched alkanes of at least 4 members (excludes halogenated alkanes) is 13. The molecule has 0 bridgehead atoms. The highest BCUT2D eigenvalue weighted by atomic mass is 35.5. The number of allylic oxidation sites excluding steroid dienone is 1. The summed E-state index contributed by atoms with van der Waals surface area (Å²) in [6, 6.07) is 0. The summed E-state index contributed by atoms with van der Waals surface area (Å²) in [5.41, 5.74) is 0. The van der Waals surface area contributed by atoms with Gasteiger partial charge >= 0.3 is 0 Å². The zero-order chi connectivity index (χ0) is 18.0. The van der Waals surface area contributed by atoms with Crippen LogP contribution >= 0.6 is 0 Å². The Hall–Kier alpha value is -0.380. The third-order valence-corrected chi connectivity index (χ3v) is 5.20. The van der Waals surface area contributed by atoms with Gasteiger partial charge in [-0.05, 0) is 18.9 Å². The Bertz CT molecular complexity index is 358. The molecule has 1 unspecified atom stereocenters. The first-order valence-corrected chi connectivity index (χ1v) is 11.1. The molecule has 1 rings (SSSR count). The summed E-state index contributed by atoms with van der Waals surface area (Å²) in [7, 11) is 0. The van der Waals surface area contributed by atoms with Crippen molar-refractivity contribution in [3.63, 3.8) is 0 Å². The molecule has 0 amide bonds. The van der Waals surface area contributed by atoms with Crippen molar-refractivity contribution in [2.45, 2.75) is 103 Å². The lowest BCUT2D eigenvalue weighted by atomic mass is 10.0. The number of aliphatic hydroxyl groups excluding tert-OH is 1. The largest absolute Gasteiger partial charge is 1.00 e. The van der Waals surface area contributed by atoms with Crippen molar-refractivity contribution in [3.05, 3.63) is 12.3 Å². The van der Waals surface area contributed by atoms with Gasteiger partial charge in [-0.25, -0.2) is 4.99 Å². The molecular weight excluding hydrogens is 344 g/mol. The van der Waals surface area contributed by atoms with Gasteiger partial charge in [0.25, 0.3) is 0 Å². The Kier molecular flexibility index (Phi) is 19.1. The summed E-state index contributed by atoms with van der Waals surface area (Å²) in [5, 5.41) is 9.03. The molecule has 1 heterocycles. The van der Waals surface area contributed by atoms with E-state index in [-0.39, 0.29) is 19.0 Å². The number of hydrogen-bond acceptors (Lipinski definition) is 2. The third-order valence-electron chi connectivity index (χ3n) is 5.20. The lowest BCUT2D eigenvalue weighted by molar-refractivity contribution is -0.740. The van der Waals surface area contributed by atoms with E-state index in [4.69, 9.17) is 5.11 Å². The maximum Gasteiger partial charge on any atom is 0.203 e. The first kappa shape index (κ1) is 25.6. The van der Waals surface area contributed by atoms with Crippen LogP contribution in [0, 0.1) is 0 Å². The molecule has 1 atom stereocenters. The molecule has 0 saturated heterocycles. The van der Waals surface area contributed by atoms with E-state index in [2.05, 4.69) is 24.2 Å². The van der Waals surface area contributed by atoms with Crippen LogP contribution in [0.5, 0.6) is 0 Å². The first-order chi connectivity index (χ1) is 12.4. The minimum Gasteiger partial charge on any atom is -1.00 e. The van der Waals surface area contributed by atoms with Gasteiger partial charge in [0.15, 0.2) is 0 Å². The highest BCUT2D eigenvalue weighted by molar-refractivity contribution is 5.74. The fraction of sp³-hybridized carbons (Fsp3) is 0.864. The number of rotatable bonds is 17. The van der Waals surface area contributed by atoms with Crippen molar-refractivity contribution in [2.75, 3.05) is 19.7 Å². The van der Waals surface area contributed by atoms with E-state index in [1.54, 1.807) is 0 Å². The Morgan fingerprint density at radius 1 is 0.885 bits per heavy atom. The zero-order valence-electron chi connectivity index (χ0n) is 17.2. The van der Waals surface area contributed by atoms with Crippen molar-refractivity contribution in [1.82, 2.24) is 0 Å². The third kappa shape index (κ3) is 13.8. The maximum absolute atomic E-state index is 9.03. The molecule has 1 aliphatic rings. The zero-order valence-corrected chi connectivity index (χ0v) is 17.9. The van der Waals surface area contributed by atoms with E-state index in [0.717, 1.165) is 25.3 Å². The number of halogens is 1. The molecule has 4 heteroatoms. The predicted octanol–water partition coefficient (Wildman–Crippen LogP) is 1.66. The van der Waals surface area contributed by atoms with Crippen molar-refractivity contribution in [3.8, 4) is 0 Å². The molecule has 0 saturated carbocycles.